The van der Waals surface area contributed by atoms with Crippen LogP contribution < -0.4 is 5.32 Å². The standard InChI is InChI=1S/C16H14ClF3N2O/c1-2-4-11(8-16(18,19)20)22-14(23)7-10-9-21-13-6-3-5-12(17)15(10)13/h1,3,5-6,9,11,21H,4,7-8H2,(H,22,23)/t11-/m1/s1. The SMILES string of the molecule is C#CC[C@H](CC(F)(F)F)NC(=O)Cc1c[nH]c2cccc(Cl)c12. The van der Waals surface area contributed by atoms with Gasteiger partial charge in [0, 0.05) is 29.6 Å². The van der Waals surface area contributed by atoms with Gasteiger partial charge in [-0.05, 0) is 17.7 Å². The minimum atomic E-state index is -4.39. The van der Waals surface area contributed by atoms with Crippen molar-refractivity contribution in [2.24, 2.45) is 0 Å². The first-order valence-electron chi connectivity index (χ1n) is 6.84. The molecule has 1 amide bonds. The molecular formula is C16H14ClF3N2O. The second-order valence-corrected chi connectivity index (χ2v) is 5.55. The molecule has 0 saturated heterocycles. The molecule has 7 heteroatoms. The van der Waals surface area contributed by atoms with Crippen LogP contribution >= 0.6 is 11.6 Å². The number of carbonyl (C=O) groups is 1. The van der Waals surface area contributed by atoms with E-state index in [0.29, 0.717) is 16.0 Å². The highest BCUT2D eigenvalue weighted by molar-refractivity contribution is 6.35. The number of rotatable bonds is 5. The number of hydrogen-bond donors (Lipinski definition) is 2. The molecular weight excluding hydrogens is 329 g/mol. The van der Waals surface area contributed by atoms with Crippen LogP contribution in [0.4, 0.5) is 13.2 Å². The Hall–Kier alpha value is -2.13. The maximum Gasteiger partial charge on any atom is 0.391 e. The van der Waals surface area contributed by atoms with Gasteiger partial charge in [0.1, 0.15) is 0 Å². The molecule has 1 heterocycles. The third-order valence-electron chi connectivity index (χ3n) is 3.29. The number of hydrogen-bond acceptors (Lipinski definition) is 1. The summed E-state index contributed by atoms with van der Waals surface area (Å²) in [5, 5.41) is 3.50. The molecule has 0 saturated carbocycles. The van der Waals surface area contributed by atoms with Crippen LogP contribution in [-0.2, 0) is 11.2 Å². The third kappa shape index (κ3) is 4.67. The van der Waals surface area contributed by atoms with Crippen LogP contribution in [0.15, 0.2) is 24.4 Å². The summed E-state index contributed by atoms with van der Waals surface area (Å²) in [6, 6.07) is 4.11. The zero-order valence-corrected chi connectivity index (χ0v) is 12.8. The fourth-order valence-corrected chi connectivity index (χ4v) is 2.69. The lowest BCUT2D eigenvalue weighted by Gasteiger charge is -2.18. The number of aromatic amines is 1. The molecule has 2 aromatic rings. The summed E-state index contributed by atoms with van der Waals surface area (Å²) in [4.78, 5) is 15.0. The van der Waals surface area contributed by atoms with Gasteiger partial charge in [-0.15, -0.1) is 12.3 Å². The second kappa shape index (κ2) is 6.97. The monoisotopic (exact) mass is 342 g/mol. The number of nitrogens with one attached hydrogen (secondary N) is 2. The molecule has 1 aromatic carbocycles. The number of fused-ring (bicyclic) bond motifs is 1. The Kier molecular flexibility index (Phi) is 5.22. The van der Waals surface area contributed by atoms with E-state index >= 15 is 0 Å². The highest BCUT2D eigenvalue weighted by atomic mass is 35.5. The first kappa shape index (κ1) is 17.2. The second-order valence-electron chi connectivity index (χ2n) is 5.15. The predicted octanol–water partition coefficient (Wildman–Crippen LogP) is 3.82. The van der Waals surface area contributed by atoms with Crippen molar-refractivity contribution in [3.8, 4) is 12.3 Å². The van der Waals surface area contributed by atoms with Gasteiger partial charge in [-0.1, -0.05) is 17.7 Å². The van der Waals surface area contributed by atoms with Crippen LogP contribution in [0.2, 0.25) is 5.02 Å². The quantitative estimate of drug-likeness (QED) is 0.797. The normalized spacial score (nSPS) is 12.8. The molecule has 0 aliphatic rings. The van der Waals surface area contributed by atoms with Crippen LogP contribution in [0.1, 0.15) is 18.4 Å². The Morgan fingerprint density at radius 1 is 1.43 bits per heavy atom. The Bertz CT molecular complexity index is 746. The van der Waals surface area contributed by atoms with Crippen molar-refractivity contribution in [2.75, 3.05) is 0 Å². The van der Waals surface area contributed by atoms with Gasteiger partial charge in [0.15, 0.2) is 0 Å². The van der Waals surface area contributed by atoms with Crippen molar-refractivity contribution in [3.63, 3.8) is 0 Å². The molecule has 0 bridgehead atoms. The van der Waals surface area contributed by atoms with Gasteiger partial charge < -0.3 is 10.3 Å². The van der Waals surface area contributed by atoms with Gasteiger partial charge in [0.25, 0.3) is 0 Å². The molecule has 3 nitrogen and oxygen atoms in total. The molecule has 0 aliphatic carbocycles. The summed E-state index contributed by atoms with van der Waals surface area (Å²) in [6.45, 7) is 0. The van der Waals surface area contributed by atoms with Crippen molar-refractivity contribution in [3.05, 3.63) is 35.0 Å². The molecule has 0 radical (unpaired) electrons. The number of carbonyl (C=O) groups excluding carboxylic acids is 1. The lowest BCUT2D eigenvalue weighted by atomic mass is 10.1. The smallest absolute Gasteiger partial charge is 0.361 e. The van der Waals surface area contributed by atoms with E-state index in [1.165, 1.54) is 0 Å². The van der Waals surface area contributed by atoms with Crippen LogP contribution in [-0.4, -0.2) is 23.1 Å². The Balaban J connectivity index is 2.09. The topological polar surface area (TPSA) is 44.9 Å². The fraction of sp³-hybridized carbons (Fsp3) is 0.312. The van der Waals surface area contributed by atoms with E-state index in [1.54, 1.807) is 24.4 Å². The van der Waals surface area contributed by atoms with Crippen LogP contribution in [0.25, 0.3) is 10.9 Å². The van der Waals surface area contributed by atoms with Crippen LogP contribution in [0.3, 0.4) is 0 Å². The summed E-state index contributed by atoms with van der Waals surface area (Å²) in [7, 11) is 0. The van der Waals surface area contributed by atoms with Gasteiger partial charge in [-0.25, -0.2) is 0 Å². The van der Waals surface area contributed by atoms with E-state index in [9.17, 15) is 18.0 Å². The number of amides is 1. The van der Waals surface area contributed by atoms with Crippen molar-refractivity contribution < 1.29 is 18.0 Å². The van der Waals surface area contributed by atoms with E-state index < -0.39 is 24.5 Å². The van der Waals surface area contributed by atoms with Gasteiger partial charge in [-0.3, -0.25) is 4.79 Å². The summed E-state index contributed by atoms with van der Waals surface area (Å²) < 4.78 is 37.4. The molecule has 1 atom stereocenters. The van der Waals surface area contributed by atoms with Gasteiger partial charge in [0.05, 0.1) is 17.9 Å². The average Bonchev–Trinajstić information content (AvgIpc) is 2.81. The number of alkyl halides is 3. The molecule has 1 aromatic heterocycles. The molecule has 23 heavy (non-hydrogen) atoms. The highest BCUT2D eigenvalue weighted by Crippen LogP contribution is 2.27. The van der Waals surface area contributed by atoms with Crippen molar-refractivity contribution in [1.82, 2.24) is 10.3 Å². The van der Waals surface area contributed by atoms with Gasteiger partial charge in [0.2, 0.25) is 5.91 Å². The maximum absolute atomic E-state index is 12.5. The molecule has 2 N–H and O–H groups in total. The summed E-state index contributed by atoms with van der Waals surface area (Å²) >= 11 is 6.10. The Morgan fingerprint density at radius 2 is 2.17 bits per heavy atom. The van der Waals surface area contributed by atoms with E-state index in [0.717, 1.165) is 5.52 Å². The van der Waals surface area contributed by atoms with E-state index in [-0.39, 0.29) is 12.8 Å². The zero-order chi connectivity index (χ0) is 17.0. The number of halogens is 4. The zero-order valence-electron chi connectivity index (χ0n) is 12.0. The average molecular weight is 343 g/mol. The number of H-pyrrole nitrogens is 1. The lowest BCUT2D eigenvalue weighted by molar-refractivity contribution is -0.142. The predicted molar refractivity (Wildman–Crippen MR) is 83.1 cm³/mol. The lowest BCUT2D eigenvalue weighted by Crippen LogP contribution is -2.38. The first-order chi connectivity index (χ1) is 10.8. The Labute approximate surface area is 136 Å². The molecule has 0 unspecified atom stereocenters. The Morgan fingerprint density at radius 3 is 2.83 bits per heavy atom. The summed E-state index contributed by atoms with van der Waals surface area (Å²) in [6.07, 6.45) is 0.878. The molecule has 122 valence electrons. The molecule has 0 spiro atoms. The van der Waals surface area contributed by atoms with Crippen molar-refractivity contribution >= 4 is 28.4 Å². The number of benzene rings is 1. The first-order valence-corrected chi connectivity index (χ1v) is 7.22. The summed E-state index contributed by atoms with van der Waals surface area (Å²) in [5.41, 5.74) is 1.38. The van der Waals surface area contributed by atoms with Crippen LogP contribution in [0, 0.1) is 12.3 Å². The molecule has 0 fully saturated rings. The molecule has 2 rings (SSSR count). The largest absolute Gasteiger partial charge is 0.391 e. The number of terminal acetylenes is 1. The number of aromatic nitrogens is 1. The molecule has 0 aliphatic heterocycles. The van der Waals surface area contributed by atoms with Gasteiger partial charge in [-0.2, -0.15) is 13.2 Å². The maximum atomic E-state index is 12.5. The third-order valence-corrected chi connectivity index (χ3v) is 3.61. The van der Waals surface area contributed by atoms with E-state index in [4.69, 9.17) is 18.0 Å². The van der Waals surface area contributed by atoms with E-state index in [2.05, 4.69) is 16.2 Å². The van der Waals surface area contributed by atoms with Crippen molar-refractivity contribution in [2.45, 2.75) is 31.5 Å². The minimum Gasteiger partial charge on any atom is -0.361 e. The fourth-order valence-electron chi connectivity index (χ4n) is 2.39. The minimum absolute atomic E-state index is 0.0807. The highest BCUT2D eigenvalue weighted by Gasteiger charge is 2.32. The van der Waals surface area contributed by atoms with Crippen molar-refractivity contribution in [1.29, 1.82) is 0 Å². The van der Waals surface area contributed by atoms with Gasteiger partial charge >= 0.3 is 6.18 Å². The van der Waals surface area contributed by atoms with E-state index in [1.807, 2.05) is 0 Å². The van der Waals surface area contributed by atoms with Crippen LogP contribution in [0.5, 0.6) is 0 Å². The summed E-state index contributed by atoms with van der Waals surface area (Å²) in [5.74, 6) is 1.62.